The van der Waals surface area contributed by atoms with Crippen LogP contribution < -0.4 is 0 Å². The summed E-state index contributed by atoms with van der Waals surface area (Å²) < 4.78 is 0. The van der Waals surface area contributed by atoms with Gasteiger partial charge in [-0.2, -0.15) is 0 Å². The summed E-state index contributed by atoms with van der Waals surface area (Å²) in [5, 5.41) is 7.31. The minimum atomic E-state index is 0.932. The van der Waals surface area contributed by atoms with Gasteiger partial charge in [0.25, 0.3) is 0 Å². The van der Waals surface area contributed by atoms with Gasteiger partial charge in [0.2, 0.25) is 0 Å². The molecule has 0 aliphatic heterocycles. The maximum Gasteiger partial charge on any atom is 0.0928 e. The molecule has 0 radical (unpaired) electrons. The zero-order valence-electron chi connectivity index (χ0n) is 16.1. The highest BCUT2D eigenvalue weighted by molar-refractivity contribution is 6.04. The Morgan fingerprint density at radius 1 is 0.517 bits per heavy atom. The van der Waals surface area contributed by atoms with Crippen LogP contribution in [0.5, 0.6) is 0 Å². The largest absolute Gasteiger partial charge is 0.249 e. The van der Waals surface area contributed by atoms with Gasteiger partial charge in [0.05, 0.1) is 22.4 Å². The quantitative estimate of drug-likeness (QED) is 0.289. The van der Waals surface area contributed by atoms with Crippen molar-refractivity contribution in [1.82, 2.24) is 9.97 Å². The molecule has 0 aliphatic carbocycles. The summed E-state index contributed by atoms with van der Waals surface area (Å²) in [6, 6.07) is 32.1. The third-order valence-corrected chi connectivity index (χ3v) is 5.71. The van der Waals surface area contributed by atoms with E-state index in [1.807, 2.05) is 6.92 Å². The molecule has 0 unspecified atom stereocenters. The Bertz CT molecular complexity index is 1560. The number of aryl methyl sites for hydroxylation is 1. The second-order valence-corrected chi connectivity index (χ2v) is 7.57. The Hall–Kier alpha value is -3.78. The first-order valence-electron chi connectivity index (χ1n) is 9.85. The highest BCUT2D eigenvalue weighted by Gasteiger charge is 2.12. The average Bonchev–Trinajstić information content (AvgIpc) is 2.75. The molecule has 0 atom stereocenters. The third kappa shape index (κ3) is 2.57. The Labute approximate surface area is 168 Å². The molecule has 0 amide bonds. The molecule has 2 heteroatoms. The number of nitrogens with zero attached hydrogens (tertiary/aromatic N) is 2. The van der Waals surface area contributed by atoms with Gasteiger partial charge in [-0.25, -0.2) is 9.97 Å². The maximum atomic E-state index is 5.06. The summed E-state index contributed by atoms with van der Waals surface area (Å²) >= 11 is 0. The van der Waals surface area contributed by atoms with E-state index < -0.39 is 0 Å². The van der Waals surface area contributed by atoms with Crippen LogP contribution in [0.2, 0.25) is 0 Å². The van der Waals surface area contributed by atoms with Gasteiger partial charge in [0, 0.05) is 5.56 Å². The van der Waals surface area contributed by atoms with E-state index in [4.69, 9.17) is 9.97 Å². The topological polar surface area (TPSA) is 25.8 Å². The summed E-state index contributed by atoms with van der Waals surface area (Å²) in [5.41, 5.74) is 4.91. The molecule has 2 nitrogen and oxygen atoms in total. The van der Waals surface area contributed by atoms with E-state index in [0.717, 1.165) is 28.0 Å². The van der Waals surface area contributed by atoms with Crippen molar-refractivity contribution in [1.29, 1.82) is 0 Å². The van der Waals surface area contributed by atoms with Crippen LogP contribution in [0.1, 0.15) is 5.69 Å². The highest BCUT2D eigenvalue weighted by atomic mass is 14.8. The number of benzene rings is 5. The van der Waals surface area contributed by atoms with E-state index >= 15 is 0 Å². The zero-order valence-corrected chi connectivity index (χ0v) is 16.1. The smallest absolute Gasteiger partial charge is 0.0928 e. The lowest BCUT2D eigenvalue weighted by atomic mass is 10.00. The van der Waals surface area contributed by atoms with E-state index in [0.29, 0.717) is 0 Å². The number of rotatable bonds is 1. The fourth-order valence-corrected chi connectivity index (χ4v) is 4.27. The number of aromatic nitrogens is 2. The van der Waals surface area contributed by atoms with Crippen molar-refractivity contribution in [3.05, 3.63) is 96.7 Å². The molecule has 1 heterocycles. The molecule has 0 aliphatic rings. The second-order valence-electron chi connectivity index (χ2n) is 7.57. The summed E-state index contributed by atoms with van der Waals surface area (Å²) in [7, 11) is 0. The average molecular weight is 370 g/mol. The molecular formula is C27H18N2. The molecule has 0 saturated carbocycles. The third-order valence-electron chi connectivity index (χ3n) is 5.71. The zero-order chi connectivity index (χ0) is 19.4. The van der Waals surface area contributed by atoms with Crippen LogP contribution in [-0.4, -0.2) is 9.97 Å². The first-order chi connectivity index (χ1) is 14.3. The van der Waals surface area contributed by atoms with Crippen LogP contribution in [0.4, 0.5) is 0 Å². The fourth-order valence-electron chi connectivity index (χ4n) is 4.27. The lowest BCUT2D eigenvalue weighted by Gasteiger charge is -2.11. The van der Waals surface area contributed by atoms with Crippen LogP contribution >= 0.6 is 0 Å². The number of fused-ring (bicyclic) bond motifs is 4. The fraction of sp³-hybridized carbons (Fsp3) is 0.0370. The molecule has 0 N–H and O–H groups in total. The normalized spacial score (nSPS) is 11.6. The molecule has 29 heavy (non-hydrogen) atoms. The van der Waals surface area contributed by atoms with Gasteiger partial charge in [-0.15, -0.1) is 0 Å². The number of hydrogen-bond acceptors (Lipinski definition) is 2. The summed E-state index contributed by atoms with van der Waals surface area (Å²) in [5.74, 6) is 0. The van der Waals surface area contributed by atoms with Crippen LogP contribution in [0.3, 0.4) is 0 Å². The molecule has 0 saturated heterocycles. The molecule has 6 rings (SSSR count). The summed E-state index contributed by atoms with van der Waals surface area (Å²) in [6.07, 6.45) is 0. The van der Waals surface area contributed by atoms with Crippen molar-refractivity contribution in [3.8, 4) is 11.3 Å². The SMILES string of the molecule is Cc1nc2cc3cc4ccccc4cc3cc2nc1-c1cccc2ccccc12. The molecule has 0 fully saturated rings. The first kappa shape index (κ1) is 16.2. The lowest BCUT2D eigenvalue weighted by molar-refractivity contribution is 1.19. The van der Waals surface area contributed by atoms with E-state index in [-0.39, 0.29) is 0 Å². The molecule has 5 aromatic carbocycles. The van der Waals surface area contributed by atoms with E-state index in [2.05, 4.69) is 91.0 Å². The van der Waals surface area contributed by atoms with E-state index in [9.17, 15) is 0 Å². The Morgan fingerprint density at radius 2 is 1.10 bits per heavy atom. The number of hydrogen-bond donors (Lipinski definition) is 0. The standard InChI is InChI=1S/C27H18N2/c1-17-27(24-12-6-10-18-7-4-5-11-23(18)24)29-26-16-22-14-20-9-3-2-8-19(20)13-21(22)15-25(26)28-17/h2-16H,1H3. The van der Waals surface area contributed by atoms with E-state index in [1.165, 1.54) is 32.3 Å². The van der Waals surface area contributed by atoms with Gasteiger partial charge in [-0.05, 0) is 63.5 Å². The van der Waals surface area contributed by atoms with Crippen molar-refractivity contribution < 1.29 is 0 Å². The highest BCUT2D eigenvalue weighted by Crippen LogP contribution is 2.32. The van der Waals surface area contributed by atoms with Crippen LogP contribution in [0.15, 0.2) is 91.0 Å². The Kier molecular flexibility index (Phi) is 3.41. The van der Waals surface area contributed by atoms with Gasteiger partial charge in [0.1, 0.15) is 0 Å². The van der Waals surface area contributed by atoms with Gasteiger partial charge in [0.15, 0.2) is 0 Å². The molecule has 0 spiro atoms. The molecule has 6 aromatic rings. The predicted molar refractivity (Wildman–Crippen MR) is 122 cm³/mol. The molecule has 1 aromatic heterocycles. The minimum absolute atomic E-state index is 0.932. The monoisotopic (exact) mass is 370 g/mol. The van der Waals surface area contributed by atoms with Crippen molar-refractivity contribution in [2.45, 2.75) is 6.92 Å². The van der Waals surface area contributed by atoms with Crippen molar-refractivity contribution >= 4 is 43.4 Å². The van der Waals surface area contributed by atoms with Crippen molar-refractivity contribution in [3.63, 3.8) is 0 Å². The maximum absolute atomic E-state index is 5.06. The van der Waals surface area contributed by atoms with E-state index in [1.54, 1.807) is 0 Å². The Balaban J connectivity index is 1.64. The van der Waals surface area contributed by atoms with Crippen LogP contribution in [0.25, 0.3) is 54.6 Å². The summed E-state index contributed by atoms with van der Waals surface area (Å²) in [6.45, 7) is 2.05. The van der Waals surface area contributed by atoms with Crippen LogP contribution in [-0.2, 0) is 0 Å². The van der Waals surface area contributed by atoms with Gasteiger partial charge in [-0.3, -0.25) is 0 Å². The molecule has 136 valence electrons. The first-order valence-corrected chi connectivity index (χ1v) is 9.85. The van der Waals surface area contributed by atoms with Gasteiger partial charge >= 0.3 is 0 Å². The lowest BCUT2D eigenvalue weighted by Crippen LogP contribution is -1.95. The molecular weight excluding hydrogens is 352 g/mol. The van der Waals surface area contributed by atoms with Gasteiger partial charge < -0.3 is 0 Å². The minimum Gasteiger partial charge on any atom is -0.249 e. The summed E-state index contributed by atoms with van der Waals surface area (Å²) in [4.78, 5) is 9.99. The van der Waals surface area contributed by atoms with Crippen molar-refractivity contribution in [2.75, 3.05) is 0 Å². The Morgan fingerprint density at radius 3 is 1.83 bits per heavy atom. The second kappa shape index (κ2) is 6.11. The molecule has 0 bridgehead atoms. The van der Waals surface area contributed by atoms with Crippen molar-refractivity contribution in [2.24, 2.45) is 0 Å². The van der Waals surface area contributed by atoms with Crippen LogP contribution in [0, 0.1) is 6.92 Å². The predicted octanol–water partition coefficient (Wildman–Crippen LogP) is 7.06. The van der Waals surface area contributed by atoms with Gasteiger partial charge in [-0.1, -0.05) is 66.7 Å².